The first-order valence-electron chi connectivity index (χ1n) is 5.43. The Kier molecular flexibility index (Phi) is 5.18. The number of hydrogen-bond donors (Lipinski definition) is 0. The highest BCUT2D eigenvalue weighted by Crippen LogP contribution is 2.27. The molecule has 0 aliphatic rings. The largest absolute Gasteiger partial charge is 0.493 e. The van der Waals surface area contributed by atoms with Crippen LogP contribution in [0.2, 0.25) is 0 Å². The minimum atomic E-state index is -0.399. The minimum Gasteiger partial charge on any atom is -0.493 e. The van der Waals surface area contributed by atoms with Crippen molar-refractivity contribution in [2.24, 2.45) is 0 Å². The summed E-state index contributed by atoms with van der Waals surface area (Å²) in [4.78, 5) is 13.3. The number of amides is 1. The summed E-state index contributed by atoms with van der Waals surface area (Å²) in [5, 5.41) is 17.3. The van der Waals surface area contributed by atoms with E-state index in [1.54, 1.807) is 12.1 Å². The highest BCUT2D eigenvalue weighted by atomic mass is 16.5. The molecule has 0 radical (unpaired) electrons. The molecule has 0 fully saturated rings. The molecule has 0 aromatic heterocycles. The number of nitriles is 2. The Morgan fingerprint density at radius 1 is 1.16 bits per heavy atom. The number of rotatable bonds is 5. The predicted molar refractivity (Wildman–Crippen MR) is 66.7 cm³/mol. The summed E-state index contributed by atoms with van der Waals surface area (Å²) < 4.78 is 10.2. The molecular formula is C13H13N3O3. The average molecular weight is 259 g/mol. The van der Waals surface area contributed by atoms with Crippen LogP contribution in [-0.2, 0) is 0 Å². The van der Waals surface area contributed by atoms with E-state index in [2.05, 4.69) is 0 Å². The van der Waals surface area contributed by atoms with Gasteiger partial charge in [-0.05, 0) is 18.2 Å². The Bertz CT molecular complexity index is 527. The van der Waals surface area contributed by atoms with Gasteiger partial charge in [0.15, 0.2) is 11.5 Å². The van der Waals surface area contributed by atoms with Gasteiger partial charge in [-0.25, -0.2) is 0 Å². The second kappa shape index (κ2) is 6.87. The van der Waals surface area contributed by atoms with Crippen LogP contribution >= 0.6 is 0 Å². The van der Waals surface area contributed by atoms with E-state index in [0.29, 0.717) is 17.1 Å². The van der Waals surface area contributed by atoms with Crippen LogP contribution in [0.25, 0.3) is 0 Å². The standard InChI is InChI=1S/C13H13N3O3/c1-18-11-4-3-10(9-12(11)19-2)13(17)16(7-5-14)8-6-15/h3-4,9H,7-8H2,1-2H3. The lowest BCUT2D eigenvalue weighted by Gasteiger charge is -2.16. The van der Waals surface area contributed by atoms with Gasteiger partial charge in [0.2, 0.25) is 0 Å². The molecule has 19 heavy (non-hydrogen) atoms. The summed E-state index contributed by atoms with van der Waals surface area (Å²) in [7, 11) is 2.96. The van der Waals surface area contributed by atoms with Gasteiger partial charge >= 0.3 is 0 Å². The molecule has 0 saturated carbocycles. The van der Waals surface area contributed by atoms with E-state index in [1.165, 1.54) is 20.3 Å². The summed E-state index contributed by atoms with van der Waals surface area (Å²) in [6.45, 7) is -0.276. The van der Waals surface area contributed by atoms with E-state index in [4.69, 9.17) is 20.0 Å². The minimum absolute atomic E-state index is 0.138. The maximum atomic E-state index is 12.1. The van der Waals surface area contributed by atoms with Crippen molar-refractivity contribution in [3.05, 3.63) is 23.8 Å². The van der Waals surface area contributed by atoms with Crippen LogP contribution < -0.4 is 9.47 Å². The predicted octanol–water partition coefficient (Wildman–Crippen LogP) is 1.19. The Morgan fingerprint density at radius 3 is 2.21 bits per heavy atom. The van der Waals surface area contributed by atoms with Gasteiger partial charge in [-0.15, -0.1) is 0 Å². The number of benzene rings is 1. The fourth-order valence-electron chi connectivity index (χ4n) is 1.52. The number of carbonyl (C=O) groups is 1. The number of nitrogens with zero attached hydrogens (tertiary/aromatic N) is 3. The third-order valence-corrected chi connectivity index (χ3v) is 2.44. The number of methoxy groups -OCH3 is 2. The van der Waals surface area contributed by atoms with Gasteiger partial charge in [-0.2, -0.15) is 10.5 Å². The zero-order valence-corrected chi connectivity index (χ0v) is 10.7. The summed E-state index contributed by atoms with van der Waals surface area (Å²) in [5.74, 6) is 0.525. The van der Waals surface area contributed by atoms with Gasteiger partial charge in [-0.1, -0.05) is 0 Å². The van der Waals surface area contributed by atoms with Crippen molar-refractivity contribution in [3.8, 4) is 23.6 Å². The van der Waals surface area contributed by atoms with Crippen molar-refractivity contribution >= 4 is 5.91 Å². The lowest BCUT2D eigenvalue weighted by molar-refractivity contribution is 0.0794. The Balaban J connectivity index is 3.05. The van der Waals surface area contributed by atoms with E-state index in [-0.39, 0.29) is 13.1 Å². The van der Waals surface area contributed by atoms with Crippen LogP contribution in [0.5, 0.6) is 11.5 Å². The number of hydrogen-bond acceptors (Lipinski definition) is 5. The first kappa shape index (κ1) is 14.3. The first-order valence-corrected chi connectivity index (χ1v) is 5.43. The fraction of sp³-hybridized carbons (Fsp3) is 0.308. The fourth-order valence-corrected chi connectivity index (χ4v) is 1.52. The van der Waals surface area contributed by atoms with E-state index >= 15 is 0 Å². The van der Waals surface area contributed by atoms with Gasteiger partial charge in [0.1, 0.15) is 13.1 Å². The number of ether oxygens (including phenoxy) is 2. The Labute approximate surface area is 111 Å². The maximum Gasteiger partial charge on any atom is 0.255 e. The van der Waals surface area contributed by atoms with Crippen molar-refractivity contribution in [1.29, 1.82) is 10.5 Å². The lowest BCUT2D eigenvalue weighted by atomic mass is 10.1. The van der Waals surface area contributed by atoms with E-state index in [1.807, 2.05) is 12.1 Å². The molecule has 1 aromatic carbocycles. The van der Waals surface area contributed by atoms with E-state index < -0.39 is 5.91 Å². The maximum absolute atomic E-state index is 12.1. The van der Waals surface area contributed by atoms with Gasteiger partial charge in [0.25, 0.3) is 5.91 Å². The quantitative estimate of drug-likeness (QED) is 0.741. The van der Waals surface area contributed by atoms with Crippen molar-refractivity contribution in [2.75, 3.05) is 27.3 Å². The summed E-state index contributed by atoms with van der Waals surface area (Å²) >= 11 is 0. The van der Waals surface area contributed by atoms with E-state index in [9.17, 15) is 4.79 Å². The average Bonchev–Trinajstić information content (AvgIpc) is 2.45. The van der Waals surface area contributed by atoms with Crippen molar-refractivity contribution < 1.29 is 14.3 Å². The highest BCUT2D eigenvalue weighted by molar-refractivity contribution is 5.95. The molecule has 1 amide bonds. The Hall–Kier alpha value is -2.73. The molecule has 0 bridgehead atoms. The van der Waals surface area contributed by atoms with Crippen molar-refractivity contribution in [2.45, 2.75) is 0 Å². The molecule has 1 rings (SSSR count). The van der Waals surface area contributed by atoms with Gasteiger partial charge in [-0.3, -0.25) is 4.79 Å². The molecule has 0 heterocycles. The molecule has 0 spiro atoms. The molecule has 0 saturated heterocycles. The molecule has 6 heteroatoms. The molecule has 0 aliphatic heterocycles. The Morgan fingerprint density at radius 2 is 1.74 bits per heavy atom. The second-order valence-electron chi connectivity index (χ2n) is 3.55. The molecule has 0 unspecified atom stereocenters. The van der Waals surface area contributed by atoms with Crippen LogP contribution in [0.4, 0.5) is 0 Å². The van der Waals surface area contributed by atoms with Crippen LogP contribution in [-0.4, -0.2) is 38.1 Å². The lowest BCUT2D eigenvalue weighted by Crippen LogP contribution is -2.31. The highest BCUT2D eigenvalue weighted by Gasteiger charge is 2.17. The molecule has 98 valence electrons. The summed E-state index contributed by atoms with van der Waals surface area (Å²) in [6.07, 6.45) is 0. The monoisotopic (exact) mass is 259 g/mol. The molecule has 0 aliphatic carbocycles. The zero-order chi connectivity index (χ0) is 14.3. The molecule has 6 nitrogen and oxygen atoms in total. The SMILES string of the molecule is COc1ccc(C(=O)N(CC#N)CC#N)cc1OC. The molecule has 0 N–H and O–H groups in total. The zero-order valence-electron chi connectivity index (χ0n) is 10.7. The first-order chi connectivity index (χ1) is 9.17. The van der Waals surface area contributed by atoms with E-state index in [0.717, 1.165) is 4.90 Å². The number of carbonyl (C=O) groups excluding carboxylic acids is 1. The van der Waals surface area contributed by atoms with Gasteiger partial charge in [0, 0.05) is 5.56 Å². The van der Waals surface area contributed by atoms with Crippen molar-refractivity contribution in [3.63, 3.8) is 0 Å². The summed E-state index contributed by atoms with van der Waals surface area (Å²) in [6, 6.07) is 8.38. The normalized spacial score (nSPS) is 9.05. The van der Waals surface area contributed by atoms with Crippen LogP contribution in [0.15, 0.2) is 18.2 Å². The molecular weight excluding hydrogens is 246 g/mol. The van der Waals surface area contributed by atoms with Gasteiger partial charge < -0.3 is 14.4 Å². The smallest absolute Gasteiger partial charge is 0.255 e. The molecule has 0 atom stereocenters. The second-order valence-corrected chi connectivity index (χ2v) is 3.55. The van der Waals surface area contributed by atoms with Crippen molar-refractivity contribution in [1.82, 2.24) is 4.90 Å². The van der Waals surface area contributed by atoms with Crippen LogP contribution in [0, 0.1) is 22.7 Å². The third kappa shape index (κ3) is 3.36. The summed E-state index contributed by atoms with van der Waals surface area (Å²) in [5.41, 5.74) is 0.336. The topological polar surface area (TPSA) is 86.4 Å². The van der Waals surface area contributed by atoms with Crippen LogP contribution in [0.1, 0.15) is 10.4 Å². The van der Waals surface area contributed by atoms with Crippen LogP contribution in [0.3, 0.4) is 0 Å². The third-order valence-electron chi connectivity index (χ3n) is 2.44. The van der Waals surface area contributed by atoms with Gasteiger partial charge in [0.05, 0.1) is 26.4 Å². The molecule has 1 aromatic rings.